The van der Waals surface area contributed by atoms with Crippen molar-refractivity contribution in [2.75, 3.05) is 7.05 Å². The van der Waals surface area contributed by atoms with Crippen LogP contribution in [0.2, 0.25) is 0 Å². The Bertz CT molecular complexity index is 1160. The molecule has 2 heterocycles. The molecule has 218 valence electrons. The summed E-state index contributed by atoms with van der Waals surface area (Å²) in [5.41, 5.74) is 1.61. The van der Waals surface area contributed by atoms with Gasteiger partial charge in [-0.05, 0) is 77.3 Å². The van der Waals surface area contributed by atoms with Gasteiger partial charge in [0.15, 0.2) is 0 Å². The number of carbonyl (C=O) groups is 5. The van der Waals surface area contributed by atoms with Gasteiger partial charge in [0.25, 0.3) is 0 Å². The van der Waals surface area contributed by atoms with Gasteiger partial charge in [0.2, 0.25) is 17.7 Å². The topological polar surface area (TPSA) is 125 Å². The summed E-state index contributed by atoms with van der Waals surface area (Å²) in [4.78, 5) is 68.5. The summed E-state index contributed by atoms with van der Waals surface area (Å²) < 4.78 is 5.36. The molecule has 3 aliphatic rings. The van der Waals surface area contributed by atoms with Crippen molar-refractivity contribution in [1.29, 1.82) is 0 Å². The van der Waals surface area contributed by atoms with Crippen LogP contribution in [0.15, 0.2) is 24.3 Å². The Labute approximate surface area is 236 Å². The van der Waals surface area contributed by atoms with Crippen molar-refractivity contribution < 1.29 is 28.7 Å². The first-order valence-corrected chi connectivity index (χ1v) is 14.3. The molecule has 0 aromatic heterocycles. The summed E-state index contributed by atoms with van der Waals surface area (Å²) in [6.07, 6.45) is 3.63. The molecule has 1 aromatic rings. The zero-order chi connectivity index (χ0) is 29.2. The lowest BCUT2D eigenvalue weighted by atomic mass is 9.87. The minimum absolute atomic E-state index is 0.00272. The van der Waals surface area contributed by atoms with E-state index in [1.165, 1.54) is 22.4 Å². The van der Waals surface area contributed by atoms with E-state index in [0.29, 0.717) is 12.8 Å². The number of likely N-dealkylation sites (N-methyl/N-ethyl adjacent to an activating group) is 1. The molecule has 10 nitrogen and oxygen atoms in total. The molecule has 2 saturated heterocycles. The van der Waals surface area contributed by atoms with Gasteiger partial charge in [-0.3, -0.25) is 24.1 Å². The first-order chi connectivity index (χ1) is 18.9. The van der Waals surface area contributed by atoms with E-state index in [4.69, 9.17) is 4.74 Å². The third kappa shape index (κ3) is 6.64. The number of amides is 4. The van der Waals surface area contributed by atoms with Crippen LogP contribution < -0.4 is 10.6 Å². The Morgan fingerprint density at radius 2 is 1.73 bits per heavy atom. The number of carbonyl (C=O) groups excluding carboxylic acids is 5. The summed E-state index contributed by atoms with van der Waals surface area (Å²) in [7, 11) is 1.46. The van der Waals surface area contributed by atoms with Crippen molar-refractivity contribution in [3.05, 3.63) is 35.4 Å². The van der Waals surface area contributed by atoms with E-state index in [1.54, 1.807) is 27.7 Å². The van der Waals surface area contributed by atoms with E-state index in [0.717, 1.165) is 24.8 Å². The minimum atomic E-state index is -0.974. The molecule has 2 aliphatic heterocycles. The number of aryl methyl sites for hydroxylation is 1. The number of rotatable bonds is 5. The molecule has 1 aliphatic carbocycles. The number of nitrogens with one attached hydrogen (secondary N) is 2. The maximum atomic E-state index is 13.9. The predicted molar refractivity (Wildman–Crippen MR) is 148 cm³/mol. The lowest BCUT2D eigenvalue weighted by molar-refractivity contribution is -0.146. The van der Waals surface area contributed by atoms with Gasteiger partial charge in [-0.25, -0.2) is 4.79 Å². The molecule has 4 rings (SSSR count). The molecule has 0 radical (unpaired) electrons. The monoisotopic (exact) mass is 554 g/mol. The highest BCUT2D eigenvalue weighted by molar-refractivity contribution is 5.96. The smallest absolute Gasteiger partial charge is 0.410 e. The number of benzene rings is 1. The second-order valence-electron chi connectivity index (χ2n) is 12.3. The normalized spacial score (nSPS) is 25.6. The summed E-state index contributed by atoms with van der Waals surface area (Å²) in [5, 5.41) is 5.93. The third-order valence-corrected chi connectivity index (χ3v) is 8.18. The summed E-state index contributed by atoms with van der Waals surface area (Å²) in [5.74, 6) is -1.12. The van der Waals surface area contributed by atoms with Gasteiger partial charge in [0, 0.05) is 25.9 Å². The Hall–Kier alpha value is -3.43. The summed E-state index contributed by atoms with van der Waals surface area (Å²) in [6, 6.07) is 5.00. The van der Waals surface area contributed by atoms with Crippen molar-refractivity contribution in [1.82, 2.24) is 20.4 Å². The molecule has 2 N–H and O–H groups in total. The number of hydrogen-bond acceptors (Lipinski definition) is 6. The summed E-state index contributed by atoms with van der Waals surface area (Å²) >= 11 is 0. The van der Waals surface area contributed by atoms with Gasteiger partial charge in [0.1, 0.15) is 29.5 Å². The lowest BCUT2D eigenvalue weighted by Crippen LogP contribution is -2.59. The second kappa shape index (κ2) is 12.0. The second-order valence-corrected chi connectivity index (χ2v) is 12.3. The highest BCUT2D eigenvalue weighted by Gasteiger charge is 2.46. The Kier molecular flexibility index (Phi) is 8.85. The highest BCUT2D eigenvalue weighted by Crippen LogP contribution is 2.33. The van der Waals surface area contributed by atoms with E-state index < -0.39 is 35.7 Å². The van der Waals surface area contributed by atoms with Crippen LogP contribution >= 0.6 is 0 Å². The zero-order valence-corrected chi connectivity index (χ0v) is 24.2. The molecule has 40 heavy (non-hydrogen) atoms. The Morgan fingerprint density at radius 1 is 1.00 bits per heavy atom. The average molecular weight is 555 g/mol. The molecule has 0 spiro atoms. The molecular weight excluding hydrogens is 512 g/mol. The summed E-state index contributed by atoms with van der Waals surface area (Å²) in [6.45, 7) is 6.76. The van der Waals surface area contributed by atoms with Crippen molar-refractivity contribution in [2.24, 2.45) is 0 Å². The van der Waals surface area contributed by atoms with Crippen LogP contribution in [-0.2, 0) is 30.3 Å². The fourth-order valence-electron chi connectivity index (χ4n) is 5.91. The number of nitrogens with zero attached hydrogens (tertiary/aromatic N) is 2. The Balaban J connectivity index is 1.47. The van der Waals surface area contributed by atoms with Crippen LogP contribution in [0.3, 0.4) is 0 Å². The zero-order valence-electron chi connectivity index (χ0n) is 24.2. The van der Waals surface area contributed by atoms with Crippen molar-refractivity contribution in [3.63, 3.8) is 0 Å². The molecule has 1 aromatic carbocycles. The molecule has 0 saturated carbocycles. The molecule has 0 unspecified atom stereocenters. The van der Waals surface area contributed by atoms with Crippen LogP contribution in [0.1, 0.15) is 89.8 Å². The number of ketones is 1. The van der Waals surface area contributed by atoms with E-state index in [2.05, 4.69) is 16.7 Å². The van der Waals surface area contributed by atoms with E-state index in [-0.39, 0.29) is 48.9 Å². The quantitative estimate of drug-likeness (QED) is 0.577. The molecule has 5 atom stereocenters. The molecule has 4 amide bonds. The van der Waals surface area contributed by atoms with Gasteiger partial charge < -0.3 is 20.3 Å². The third-order valence-electron chi connectivity index (χ3n) is 8.18. The molecule has 10 heteroatoms. The minimum Gasteiger partial charge on any atom is -0.444 e. The first-order valence-electron chi connectivity index (χ1n) is 14.3. The fraction of sp³-hybridized carbons (Fsp3) is 0.633. The number of hydrogen-bond donors (Lipinski definition) is 2. The van der Waals surface area contributed by atoms with E-state index in [1.807, 2.05) is 18.2 Å². The van der Waals surface area contributed by atoms with E-state index >= 15 is 0 Å². The van der Waals surface area contributed by atoms with Crippen molar-refractivity contribution >= 4 is 29.6 Å². The number of fused-ring (bicyclic) bond motifs is 2. The molecule has 2 fully saturated rings. The standard InChI is InChI=1S/C30H42N4O6/c1-18(33(5)29(39)40-30(2,3)4)26(36)32-24-15-14-21(35)17-20-13-16-25(34(20)28(24)38)27(37)31-23-12-8-10-19-9-6-7-11-22(19)23/h6-7,9,11,18,20,23-25H,8,10,12-17H2,1-5H3,(H,31,37)(H,32,36)/t18-,20+,23+,24-,25-/m0/s1. The SMILES string of the molecule is C[C@@H](C(=O)N[C@H]1CCC(=O)C[C@H]2CC[C@@H](C(=O)N[C@@H]3CCCc4ccccc43)N2C1=O)N(C)C(=O)OC(C)(C)C. The Morgan fingerprint density at radius 3 is 2.45 bits per heavy atom. The van der Waals surface area contributed by atoms with E-state index in [9.17, 15) is 24.0 Å². The lowest BCUT2D eigenvalue weighted by Gasteiger charge is -2.36. The van der Waals surface area contributed by atoms with Crippen LogP contribution in [0, 0.1) is 0 Å². The largest absolute Gasteiger partial charge is 0.444 e. The molecular formula is C30H42N4O6. The average Bonchev–Trinajstić information content (AvgIpc) is 3.31. The first kappa shape index (κ1) is 29.6. The van der Waals surface area contributed by atoms with Gasteiger partial charge in [0.05, 0.1) is 6.04 Å². The van der Waals surface area contributed by atoms with Crippen molar-refractivity contribution in [2.45, 2.75) is 115 Å². The maximum Gasteiger partial charge on any atom is 0.410 e. The van der Waals surface area contributed by atoms with Crippen LogP contribution in [0.4, 0.5) is 4.79 Å². The fourth-order valence-corrected chi connectivity index (χ4v) is 5.91. The van der Waals surface area contributed by atoms with Gasteiger partial charge >= 0.3 is 6.09 Å². The number of Topliss-reactive ketones (excluding diaryl/α,β-unsaturated/α-hetero) is 1. The van der Waals surface area contributed by atoms with Crippen LogP contribution in [0.25, 0.3) is 0 Å². The van der Waals surface area contributed by atoms with Crippen LogP contribution in [0.5, 0.6) is 0 Å². The number of ether oxygens (including phenoxy) is 1. The van der Waals surface area contributed by atoms with Gasteiger partial charge in [-0.1, -0.05) is 24.3 Å². The van der Waals surface area contributed by atoms with Crippen LogP contribution in [-0.4, -0.2) is 76.2 Å². The van der Waals surface area contributed by atoms with Gasteiger partial charge in [-0.15, -0.1) is 0 Å². The van der Waals surface area contributed by atoms with Crippen molar-refractivity contribution in [3.8, 4) is 0 Å². The molecule has 0 bridgehead atoms. The highest BCUT2D eigenvalue weighted by atomic mass is 16.6. The maximum absolute atomic E-state index is 13.9. The van der Waals surface area contributed by atoms with Gasteiger partial charge in [-0.2, -0.15) is 0 Å². The predicted octanol–water partition coefficient (Wildman–Crippen LogP) is 3.03.